The van der Waals surface area contributed by atoms with Gasteiger partial charge in [0.15, 0.2) is 5.58 Å². The molecular formula is C7H4BrNO3. The van der Waals surface area contributed by atoms with Crippen LogP contribution in [-0.4, -0.2) is 16.1 Å². The maximum atomic E-state index is 10.5. The Bertz CT molecular complexity index is 442. The van der Waals surface area contributed by atoms with E-state index in [2.05, 4.69) is 20.9 Å². The predicted molar refractivity (Wildman–Crippen MR) is 45.2 cm³/mol. The molecule has 0 amide bonds. The summed E-state index contributed by atoms with van der Waals surface area (Å²) in [5.74, 6) is -0.992. The van der Waals surface area contributed by atoms with Crippen LogP contribution in [0.5, 0.6) is 0 Å². The lowest BCUT2D eigenvalue weighted by atomic mass is 10.4. The van der Waals surface area contributed by atoms with Gasteiger partial charge in [0.25, 0.3) is 0 Å². The molecule has 12 heavy (non-hydrogen) atoms. The van der Waals surface area contributed by atoms with Crippen molar-refractivity contribution in [3.05, 3.63) is 22.5 Å². The SMILES string of the molecule is O=C(O)c1cc2occ(Br)c2[nH]1. The zero-order valence-corrected chi connectivity index (χ0v) is 7.38. The molecule has 0 saturated heterocycles. The van der Waals surface area contributed by atoms with Gasteiger partial charge in [0, 0.05) is 6.07 Å². The van der Waals surface area contributed by atoms with Gasteiger partial charge in [-0.1, -0.05) is 0 Å². The number of nitrogens with one attached hydrogen (secondary N) is 1. The van der Waals surface area contributed by atoms with Gasteiger partial charge in [-0.3, -0.25) is 0 Å². The third-order valence-electron chi connectivity index (χ3n) is 1.54. The standard InChI is InChI=1S/C7H4BrNO3/c8-3-2-12-5-1-4(7(10)11)9-6(3)5/h1-2,9H,(H,10,11). The lowest BCUT2D eigenvalue weighted by Crippen LogP contribution is -1.94. The normalized spacial score (nSPS) is 10.8. The Labute approximate surface area is 75.3 Å². The van der Waals surface area contributed by atoms with Gasteiger partial charge in [-0.25, -0.2) is 4.79 Å². The van der Waals surface area contributed by atoms with Crippen molar-refractivity contribution in [1.82, 2.24) is 4.98 Å². The fraction of sp³-hybridized carbons (Fsp3) is 0. The van der Waals surface area contributed by atoms with E-state index in [0.29, 0.717) is 11.1 Å². The molecule has 0 fully saturated rings. The summed E-state index contributed by atoms with van der Waals surface area (Å²) < 4.78 is 5.76. The smallest absolute Gasteiger partial charge is 0.352 e. The highest BCUT2D eigenvalue weighted by Crippen LogP contribution is 2.25. The fourth-order valence-corrected chi connectivity index (χ4v) is 1.38. The van der Waals surface area contributed by atoms with Crippen LogP contribution in [0.1, 0.15) is 10.5 Å². The quantitative estimate of drug-likeness (QED) is 0.789. The van der Waals surface area contributed by atoms with Crippen molar-refractivity contribution in [2.45, 2.75) is 0 Å². The Hall–Kier alpha value is -1.23. The summed E-state index contributed by atoms with van der Waals surface area (Å²) in [6, 6.07) is 1.45. The number of H-pyrrole nitrogens is 1. The van der Waals surface area contributed by atoms with Gasteiger partial charge >= 0.3 is 5.97 Å². The average Bonchev–Trinajstić information content (AvgIpc) is 2.53. The molecule has 2 rings (SSSR count). The molecule has 0 aliphatic heterocycles. The van der Waals surface area contributed by atoms with E-state index in [1.807, 2.05) is 0 Å². The number of halogens is 1. The molecule has 0 aliphatic carbocycles. The number of rotatable bonds is 1. The maximum Gasteiger partial charge on any atom is 0.352 e. The van der Waals surface area contributed by atoms with Crippen molar-refractivity contribution in [2.75, 3.05) is 0 Å². The van der Waals surface area contributed by atoms with Crippen LogP contribution in [0.25, 0.3) is 11.1 Å². The van der Waals surface area contributed by atoms with Gasteiger partial charge in [-0.15, -0.1) is 0 Å². The molecule has 4 nitrogen and oxygen atoms in total. The van der Waals surface area contributed by atoms with E-state index in [4.69, 9.17) is 9.52 Å². The lowest BCUT2D eigenvalue weighted by Gasteiger charge is -1.83. The van der Waals surface area contributed by atoms with Gasteiger partial charge in [0.1, 0.15) is 12.0 Å². The fourth-order valence-electron chi connectivity index (χ4n) is 0.995. The van der Waals surface area contributed by atoms with Crippen molar-refractivity contribution < 1.29 is 14.3 Å². The van der Waals surface area contributed by atoms with E-state index in [1.54, 1.807) is 0 Å². The molecule has 0 aliphatic rings. The van der Waals surface area contributed by atoms with Gasteiger partial charge in [0.05, 0.1) is 9.99 Å². The summed E-state index contributed by atoms with van der Waals surface area (Å²) in [6.45, 7) is 0. The molecule has 62 valence electrons. The number of hydrogen-bond donors (Lipinski definition) is 2. The summed E-state index contributed by atoms with van der Waals surface area (Å²) in [5.41, 5.74) is 1.34. The Morgan fingerprint density at radius 2 is 2.42 bits per heavy atom. The van der Waals surface area contributed by atoms with E-state index >= 15 is 0 Å². The molecule has 2 N–H and O–H groups in total. The minimum absolute atomic E-state index is 0.130. The highest BCUT2D eigenvalue weighted by Gasteiger charge is 2.11. The first-order valence-corrected chi connectivity index (χ1v) is 3.97. The molecular weight excluding hydrogens is 226 g/mol. The van der Waals surface area contributed by atoms with E-state index in [-0.39, 0.29) is 5.69 Å². The second kappa shape index (κ2) is 2.38. The van der Waals surface area contributed by atoms with Gasteiger partial charge in [-0.2, -0.15) is 0 Å². The van der Waals surface area contributed by atoms with Gasteiger partial charge in [-0.05, 0) is 15.9 Å². The number of aromatic carboxylic acids is 1. The topological polar surface area (TPSA) is 66.2 Å². The number of furan rings is 1. The molecule has 2 aromatic rings. The Balaban J connectivity index is 2.70. The summed E-state index contributed by atoms with van der Waals surface area (Å²) in [7, 11) is 0. The largest absolute Gasteiger partial charge is 0.477 e. The van der Waals surface area contributed by atoms with Crippen molar-refractivity contribution in [2.24, 2.45) is 0 Å². The van der Waals surface area contributed by atoms with Crippen molar-refractivity contribution >= 4 is 33.0 Å². The summed E-state index contributed by atoms with van der Waals surface area (Å²) in [4.78, 5) is 13.2. The second-order valence-corrected chi connectivity index (χ2v) is 3.17. The number of fused-ring (bicyclic) bond motifs is 1. The van der Waals surface area contributed by atoms with E-state index in [9.17, 15) is 4.79 Å². The van der Waals surface area contributed by atoms with Crippen LogP contribution < -0.4 is 0 Å². The van der Waals surface area contributed by atoms with Crippen LogP contribution in [0, 0.1) is 0 Å². The van der Waals surface area contributed by atoms with Gasteiger partial charge in [0.2, 0.25) is 0 Å². The number of carbonyl (C=O) groups is 1. The van der Waals surface area contributed by atoms with Crippen molar-refractivity contribution in [1.29, 1.82) is 0 Å². The predicted octanol–water partition coefficient (Wildman–Crippen LogP) is 2.22. The van der Waals surface area contributed by atoms with E-state index in [0.717, 1.165) is 4.47 Å². The Kier molecular flexibility index (Phi) is 1.47. The number of aromatic nitrogens is 1. The molecule has 2 aromatic heterocycles. The van der Waals surface area contributed by atoms with Crippen LogP contribution in [0.15, 0.2) is 21.2 Å². The molecule has 0 radical (unpaired) electrons. The number of carboxylic acids is 1. The van der Waals surface area contributed by atoms with Crippen LogP contribution in [0.2, 0.25) is 0 Å². The molecule has 2 heterocycles. The zero-order valence-electron chi connectivity index (χ0n) is 5.80. The third-order valence-corrected chi connectivity index (χ3v) is 2.12. The molecule has 0 unspecified atom stereocenters. The molecule has 0 atom stereocenters. The Morgan fingerprint density at radius 1 is 1.67 bits per heavy atom. The van der Waals surface area contributed by atoms with E-state index in [1.165, 1.54) is 12.3 Å². The first kappa shape index (κ1) is 7.42. The maximum absolute atomic E-state index is 10.5. The third kappa shape index (κ3) is 0.937. The first-order valence-electron chi connectivity index (χ1n) is 3.17. The van der Waals surface area contributed by atoms with Crippen molar-refractivity contribution in [3.8, 4) is 0 Å². The summed E-state index contributed by atoms with van der Waals surface area (Å²) >= 11 is 3.21. The summed E-state index contributed by atoms with van der Waals surface area (Å²) in [5, 5.41) is 8.61. The van der Waals surface area contributed by atoms with Crippen molar-refractivity contribution in [3.63, 3.8) is 0 Å². The lowest BCUT2D eigenvalue weighted by molar-refractivity contribution is 0.0691. The van der Waals surface area contributed by atoms with Gasteiger partial charge < -0.3 is 14.5 Å². The molecule has 0 bridgehead atoms. The summed E-state index contributed by atoms with van der Waals surface area (Å²) in [6.07, 6.45) is 1.51. The van der Waals surface area contributed by atoms with Crippen LogP contribution >= 0.6 is 15.9 Å². The highest BCUT2D eigenvalue weighted by molar-refractivity contribution is 9.10. The molecule has 0 aromatic carbocycles. The van der Waals surface area contributed by atoms with Crippen LogP contribution in [0.4, 0.5) is 0 Å². The second-order valence-electron chi connectivity index (χ2n) is 2.31. The Morgan fingerprint density at radius 3 is 3.00 bits per heavy atom. The molecule has 5 heteroatoms. The number of hydrogen-bond acceptors (Lipinski definition) is 2. The van der Waals surface area contributed by atoms with Crippen LogP contribution in [0.3, 0.4) is 0 Å². The monoisotopic (exact) mass is 229 g/mol. The van der Waals surface area contributed by atoms with Crippen LogP contribution in [-0.2, 0) is 0 Å². The minimum atomic E-state index is -0.992. The molecule has 0 saturated carbocycles. The molecule has 0 spiro atoms. The zero-order chi connectivity index (χ0) is 8.72. The highest BCUT2D eigenvalue weighted by atomic mass is 79.9. The first-order chi connectivity index (χ1) is 5.68. The average molecular weight is 230 g/mol. The number of aromatic amines is 1. The number of carboxylic acid groups (broad SMARTS) is 1. The van der Waals surface area contributed by atoms with E-state index < -0.39 is 5.97 Å². The minimum Gasteiger partial charge on any atom is -0.477 e.